The number of hydrogen-bond donors (Lipinski definition) is 1. The SMILES string of the molecule is Cc1nc2ccccc2c(=O)n1N=Cc1cc(Cl)ccc1O. The number of phenolic OH excluding ortho intramolecular Hbond substituents is 1. The van der Waals surface area contributed by atoms with E-state index in [9.17, 15) is 9.90 Å². The van der Waals surface area contributed by atoms with Gasteiger partial charge >= 0.3 is 0 Å². The minimum absolute atomic E-state index is 0.0348. The van der Waals surface area contributed by atoms with Gasteiger partial charge in [-0.3, -0.25) is 4.79 Å². The number of fused-ring (bicyclic) bond motifs is 1. The lowest BCUT2D eigenvalue weighted by molar-refractivity contribution is 0.474. The fourth-order valence-corrected chi connectivity index (χ4v) is 2.30. The van der Waals surface area contributed by atoms with Crippen molar-refractivity contribution in [3.8, 4) is 5.75 Å². The molecule has 1 N–H and O–H groups in total. The van der Waals surface area contributed by atoms with E-state index in [4.69, 9.17) is 11.6 Å². The van der Waals surface area contributed by atoms with Crippen molar-refractivity contribution < 1.29 is 5.11 Å². The van der Waals surface area contributed by atoms with Gasteiger partial charge in [0.25, 0.3) is 5.56 Å². The van der Waals surface area contributed by atoms with Crippen molar-refractivity contribution in [1.82, 2.24) is 9.66 Å². The summed E-state index contributed by atoms with van der Waals surface area (Å²) in [7, 11) is 0. The van der Waals surface area contributed by atoms with E-state index in [0.29, 0.717) is 27.3 Å². The van der Waals surface area contributed by atoms with Crippen LogP contribution in [0.4, 0.5) is 0 Å². The number of aryl methyl sites for hydroxylation is 1. The van der Waals surface area contributed by atoms with Crippen molar-refractivity contribution in [1.29, 1.82) is 0 Å². The second kappa shape index (κ2) is 5.61. The van der Waals surface area contributed by atoms with Crippen LogP contribution in [-0.2, 0) is 0 Å². The van der Waals surface area contributed by atoms with E-state index in [-0.39, 0.29) is 11.3 Å². The lowest BCUT2D eigenvalue weighted by atomic mass is 10.2. The predicted octanol–water partition coefficient (Wildman–Crippen LogP) is 2.95. The van der Waals surface area contributed by atoms with Crippen LogP contribution < -0.4 is 5.56 Å². The Balaban J connectivity index is 2.13. The van der Waals surface area contributed by atoms with Crippen molar-refractivity contribution in [2.75, 3.05) is 0 Å². The highest BCUT2D eigenvalue weighted by Gasteiger charge is 2.06. The van der Waals surface area contributed by atoms with Gasteiger partial charge in [-0.1, -0.05) is 23.7 Å². The summed E-state index contributed by atoms with van der Waals surface area (Å²) < 4.78 is 1.20. The zero-order chi connectivity index (χ0) is 15.7. The van der Waals surface area contributed by atoms with Gasteiger partial charge < -0.3 is 5.11 Å². The zero-order valence-corrected chi connectivity index (χ0v) is 12.4. The van der Waals surface area contributed by atoms with Gasteiger partial charge in [-0.25, -0.2) is 4.98 Å². The number of nitrogens with zero attached hydrogens (tertiary/aromatic N) is 3. The first-order valence-electron chi connectivity index (χ1n) is 6.57. The molecule has 3 rings (SSSR count). The van der Waals surface area contributed by atoms with Crippen molar-refractivity contribution >= 4 is 28.7 Å². The quantitative estimate of drug-likeness (QED) is 0.740. The molecule has 22 heavy (non-hydrogen) atoms. The summed E-state index contributed by atoms with van der Waals surface area (Å²) in [6.45, 7) is 1.70. The maximum atomic E-state index is 12.4. The van der Waals surface area contributed by atoms with Gasteiger partial charge in [0.05, 0.1) is 17.1 Å². The Morgan fingerprint density at radius 3 is 2.86 bits per heavy atom. The predicted molar refractivity (Wildman–Crippen MR) is 86.8 cm³/mol. The number of aromatic hydroxyl groups is 1. The molecule has 1 aromatic heterocycles. The molecule has 6 heteroatoms. The fourth-order valence-electron chi connectivity index (χ4n) is 2.12. The minimum Gasteiger partial charge on any atom is -0.507 e. The van der Waals surface area contributed by atoms with E-state index < -0.39 is 0 Å². The molecule has 0 saturated heterocycles. The van der Waals surface area contributed by atoms with Gasteiger partial charge in [0, 0.05) is 10.6 Å². The van der Waals surface area contributed by atoms with Crippen LogP contribution in [0.25, 0.3) is 10.9 Å². The lowest BCUT2D eigenvalue weighted by Gasteiger charge is -2.05. The van der Waals surface area contributed by atoms with E-state index in [1.54, 1.807) is 37.3 Å². The van der Waals surface area contributed by atoms with Crippen LogP contribution in [0.3, 0.4) is 0 Å². The Morgan fingerprint density at radius 1 is 1.27 bits per heavy atom. The third-order valence-corrected chi connectivity index (χ3v) is 3.45. The Bertz CT molecular complexity index is 948. The number of aromatic nitrogens is 2. The van der Waals surface area contributed by atoms with E-state index >= 15 is 0 Å². The van der Waals surface area contributed by atoms with Crippen LogP contribution in [-0.4, -0.2) is 21.0 Å². The molecule has 0 unspecified atom stereocenters. The van der Waals surface area contributed by atoms with Gasteiger partial charge in [0.1, 0.15) is 11.6 Å². The monoisotopic (exact) mass is 313 g/mol. The Kier molecular flexibility index (Phi) is 3.65. The van der Waals surface area contributed by atoms with Gasteiger partial charge in [-0.05, 0) is 37.3 Å². The molecule has 1 heterocycles. The number of halogens is 1. The van der Waals surface area contributed by atoms with Crippen LogP contribution in [0.5, 0.6) is 5.75 Å². The van der Waals surface area contributed by atoms with Gasteiger partial charge in [0.2, 0.25) is 0 Å². The van der Waals surface area contributed by atoms with Gasteiger partial charge in [-0.2, -0.15) is 9.78 Å². The van der Waals surface area contributed by atoms with E-state index in [1.165, 1.54) is 17.0 Å². The van der Waals surface area contributed by atoms with Crippen molar-refractivity contribution in [3.05, 3.63) is 69.2 Å². The number of hydrogen-bond acceptors (Lipinski definition) is 4. The molecule has 0 bridgehead atoms. The first-order chi connectivity index (χ1) is 10.6. The highest BCUT2D eigenvalue weighted by molar-refractivity contribution is 6.30. The summed E-state index contributed by atoms with van der Waals surface area (Å²) >= 11 is 5.89. The normalized spacial score (nSPS) is 11.4. The average Bonchev–Trinajstić information content (AvgIpc) is 2.50. The molecule has 5 nitrogen and oxygen atoms in total. The molecule has 0 saturated carbocycles. The molecule has 0 spiro atoms. The average molecular weight is 314 g/mol. The topological polar surface area (TPSA) is 67.5 Å². The summed E-state index contributed by atoms with van der Waals surface area (Å²) in [5.74, 6) is 0.495. The van der Waals surface area contributed by atoms with Crippen LogP contribution in [0.1, 0.15) is 11.4 Å². The number of para-hydroxylation sites is 1. The second-order valence-corrected chi connectivity index (χ2v) is 5.18. The summed E-state index contributed by atoms with van der Waals surface area (Å²) in [6, 6.07) is 11.7. The van der Waals surface area contributed by atoms with Crippen LogP contribution in [0.2, 0.25) is 5.02 Å². The standard InChI is InChI=1S/C16H12ClN3O2/c1-10-19-14-5-3-2-4-13(14)16(22)20(10)18-9-11-8-12(17)6-7-15(11)21/h2-9,21H,1H3. The Hall–Kier alpha value is -2.66. The molecule has 0 aliphatic rings. The molecule has 0 aliphatic heterocycles. The Labute approximate surface area is 131 Å². The number of phenols is 1. The summed E-state index contributed by atoms with van der Waals surface area (Å²) in [6.07, 6.45) is 1.38. The highest BCUT2D eigenvalue weighted by atomic mass is 35.5. The molecule has 110 valence electrons. The number of rotatable bonds is 2. The Morgan fingerprint density at radius 2 is 2.05 bits per heavy atom. The second-order valence-electron chi connectivity index (χ2n) is 4.74. The summed E-state index contributed by atoms with van der Waals surface area (Å²) in [5.41, 5.74) is 0.787. The molecular weight excluding hydrogens is 302 g/mol. The van der Waals surface area contributed by atoms with Crippen molar-refractivity contribution in [2.45, 2.75) is 6.92 Å². The number of benzene rings is 2. The summed E-state index contributed by atoms with van der Waals surface area (Å²) in [4.78, 5) is 16.8. The molecule has 0 radical (unpaired) electrons. The van der Waals surface area contributed by atoms with E-state index in [2.05, 4.69) is 10.1 Å². The first kappa shape index (κ1) is 14.3. The van der Waals surface area contributed by atoms with Crippen LogP contribution in [0.15, 0.2) is 52.4 Å². The third kappa shape index (κ3) is 2.58. The maximum Gasteiger partial charge on any atom is 0.282 e. The first-order valence-corrected chi connectivity index (χ1v) is 6.95. The minimum atomic E-state index is -0.263. The van der Waals surface area contributed by atoms with Crippen LogP contribution in [0, 0.1) is 6.92 Å². The maximum absolute atomic E-state index is 12.4. The molecular formula is C16H12ClN3O2. The van der Waals surface area contributed by atoms with Crippen molar-refractivity contribution in [3.63, 3.8) is 0 Å². The van der Waals surface area contributed by atoms with E-state index in [0.717, 1.165) is 0 Å². The third-order valence-electron chi connectivity index (χ3n) is 3.22. The molecule has 0 amide bonds. The zero-order valence-electron chi connectivity index (χ0n) is 11.7. The summed E-state index contributed by atoms with van der Waals surface area (Å²) in [5, 5.41) is 14.9. The molecule has 2 aromatic carbocycles. The van der Waals surface area contributed by atoms with Crippen LogP contribution >= 0.6 is 11.6 Å². The fraction of sp³-hybridized carbons (Fsp3) is 0.0625. The van der Waals surface area contributed by atoms with Crippen molar-refractivity contribution in [2.24, 2.45) is 5.10 Å². The highest BCUT2D eigenvalue weighted by Crippen LogP contribution is 2.19. The van der Waals surface area contributed by atoms with Gasteiger partial charge in [0.15, 0.2) is 0 Å². The largest absolute Gasteiger partial charge is 0.507 e. The van der Waals surface area contributed by atoms with Gasteiger partial charge in [-0.15, -0.1) is 0 Å². The molecule has 0 atom stereocenters. The lowest BCUT2D eigenvalue weighted by Crippen LogP contribution is -2.20. The molecule has 3 aromatic rings. The van der Waals surface area contributed by atoms with E-state index in [1.807, 2.05) is 6.07 Å². The smallest absolute Gasteiger partial charge is 0.282 e. The molecule has 0 aliphatic carbocycles. The molecule has 0 fully saturated rings.